The number of hydrogen-bond donors (Lipinski definition) is 1. The van der Waals surface area contributed by atoms with Crippen LogP contribution in [-0.2, 0) is 38.7 Å². The Labute approximate surface area is 177 Å². The first-order valence-electron chi connectivity index (χ1n) is 8.56. The van der Waals surface area contributed by atoms with Crippen molar-refractivity contribution in [3.8, 4) is 0 Å². The zero-order valence-corrected chi connectivity index (χ0v) is 16.5. The first kappa shape index (κ1) is 27.4. The summed E-state index contributed by atoms with van der Waals surface area (Å²) in [5.74, 6) is -21.1. The molecule has 1 aliphatic heterocycles. The van der Waals surface area contributed by atoms with Crippen molar-refractivity contribution in [2.75, 3.05) is 13.2 Å². The zero-order valence-electron chi connectivity index (χ0n) is 15.7. The summed E-state index contributed by atoms with van der Waals surface area (Å²) < 4.78 is 163. The number of ether oxygens (including phenoxy) is 4. The van der Waals surface area contributed by atoms with Crippen LogP contribution in [0.5, 0.6) is 0 Å². The minimum absolute atomic E-state index is 0.0534. The fourth-order valence-electron chi connectivity index (χ4n) is 2.90. The Bertz CT molecular complexity index is 889. The summed E-state index contributed by atoms with van der Waals surface area (Å²) in [6, 6.07) is 0. The normalized spacial score (nSPS) is 27.1. The van der Waals surface area contributed by atoms with Gasteiger partial charge in [-0.3, -0.25) is 4.55 Å². The highest BCUT2D eigenvalue weighted by molar-refractivity contribution is 7.87. The lowest BCUT2D eigenvalue weighted by atomic mass is 10.1. The van der Waals surface area contributed by atoms with Gasteiger partial charge < -0.3 is 18.9 Å². The van der Waals surface area contributed by atoms with Gasteiger partial charge in [0.1, 0.15) is 12.7 Å². The summed E-state index contributed by atoms with van der Waals surface area (Å²) in [5, 5.41) is -5.36. The van der Waals surface area contributed by atoms with Gasteiger partial charge in [-0.15, -0.1) is 0 Å². The van der Waals surface area contributed by atoms with E-state index in [1.54, 1.807) is 0 Å². The maximum Gasteiger partial charge on any atom is 0.465 e. The van der Waals surface area contributed by atoms with Gasteiger partial charge in [-0.05, 0) is 12.8 Å². The molecule has 0 radical (unpaired) electrons. The molecular formula is C14H13F9O9S. The molecule has 33 heavy (non-hydrogen) atoms. The molecule has 1 aliphatic carbocycles. The third-order valence-electron chi connectivity index (χ3n) is 4.58. The van der Waals surface area contributed by atoms with Gasteiger partial charge in [0.05, 0.1) is 6.61 Å². The largest absolute Gasteiger partial charge is 0.465 e. The van der Waals surface area contributed by atoms with Gasteiger partial charge in [-0.2, -0.15) is 47.9 Å². The van der Waals surface area contributed by atoms with Crippen LogP contribution < -0.4 is 0 Å². The van der Waals surface area contributed by atoms with E-state index in [0.29, 0.717) is 0 Å². The summed E-state index contributed by atoms with van der Waals surface area (Å²) in [4.78, 5) is 22.6. The fourth-order valence-corrected chi connectivity index (χ4v) is 3.16. The second-order valence-electron chi connectivity index (χ2n) is 6.89. The molecule has 1 N–H and O–H groups in total. The molecule has 2 rings (SSSR count). The summed E-state index contributed by atoms with van der Waals surface area (Å²) in [7, 11) is -6.20. The van der Waals surface area contributed by atoms with Crippen molar-refractivity contribution in [1.82, 2.24) is 0 Å². The smallest absolute Gasteiger partial charge is 0.458 e. The molecule has 2 aliphatic rings. The van der Waals surface area contributed by atoms with Gasteiger partial charge in [0.2, 0.25) is 5.79 Å². The van der Waals surface area contributed by atoms with Crippen LogP contribution in [0.3, 0.4) is 0 Å². The molecule has 0 amide bonds. The third-order valence-corrected chi connectivity index (χ3v) is 5.39. The van der Waals surface area contributed by atoms with Crippen molar-refractivity contribution in [1.29, 1.82) is 0 Å². The number of alkyl halides is 9. The lowest BCUT2D eigenvalue weighted by Gasteiger charge is -2.30. The van der Waals surface area contributed by atoms with E-state index in [9.17, 15) is 57.5 Å². The minimum Gasteiger partial charge on any atom is -0.458 e. The predicted molar refractivity (Wildman–Crippen MR) is 80.7 cm³/mol. The van der Waals surface area contributed by atoms with Crippen LogP contribution in [0.25, 0.3) is 0 Å². The topological polar surface area (TPSA) is 125 Å². The summed E-state index contributed by atoms with van der Waals surface area (Å²) in [6.07, 6.45) is -10.5. The second-order valence-corrected chi connectivity index (χ2v) is 8.35. The summed E-state index contributed by atoms with van der Waals surface area (Å²) in [6.45, 7) is -2.04. The van der Waals surface area contributed by atoms with Crippen molar-refractivity contribution in [3.63, 3.8) is 0 Å². The Hall–Kier alpha value is -1.86. The van der Waals surface area contributed by atoms with E-state index in [1.807, 2.05) is 0 Å². The fraction of sp³-hybridized carbons (Fsp3) is 0.857. The van der Waals surface area contributed by atoms with Crippen LogP contribution in [0.1, 0.15) is 19.3 Å². The summed E-state index contributed by atoms with van der Waals surface area (Å²) >= 11 is 0. The number of halogens is 9. The third kappa shape index (κ3) is 4.85. The first-order valence-corrected chi connectivity index (χ1v) is 10.0. The maximum absolute atomic E-state index is 13.4. The Balaban J connectivity index is 2.03. The van der Waals surface area contributed by atoms with Crippen LogP contribution in [0.15, 0.2) is 0 Å². The molecule has 2 fully saturated rings. The number of carbonyl (C=O) groups excluding carboxylic acids is 2. The van der Waals surface area contributed by atoms with Crippen LogP contribution in [0.4, 0.5) is 39.5 Å². The van der Waals surface area contributed by atoms with Crippen molar-refractivity contribution < 1.29 is 81.0 Å². The molecule has 3 atom stereocenters. The Morgan fingerprint density at radius 1 is 1.03 bits per heavy atom. The van der Waals surface area contributed by atoms with Gasteiger partial charge in [-0.25, -0.2) is 9.59 Å². The summed E-state index contributed by atoms with van der Waals surface area (Å²) in [5.41, 5.74) is 0. The van der Waals surface area contributed by atoms with Crippen molar-refractivity contribution >= 4 is 22.1 Å². The van der Waals surface area contributed by atoms with Crippen LogP contribution in [-0.4, -0.2) is 79.4 Å². The molecule has 1 spiro atoms. The first-order chi connectivity index (χ1) is 14.7. The van der Waals surface area contributed by atoms with Crippen molar-refractivity contribution in [3.05, 3.63) is 0 Å². The molecule has 1 saturated heterocycles. The van der Waals surface area contributed by atoms with E-state index < -0.39 is 76.5 Å². The molecule has 0 aromatic carbocycles. The average molecular weight is 528 g/mol. The molecule has 9 nitrogen and oxygen atoms in total. The Morgan fingerprint density at radius 3 is 2.12 bits per heavy atom. The van der Waals surface area contributed by atoms with Gasteiger partial charge >= 0.3 is 45.3 Å². The predicted octanol–water partition coefficient (Wildman–Crippen LogP) is 2.05. The highest BCUT2D eigenvalue weighted by Gasteiger charge is 2.77. The Kier molecular flexibility index (Phi) is 6.99. The van der Waals surface area contributed by atoms with E-state index in [-0.39, 0.29) is 19.3 Å². The van der Waals surface area contributed by atoms with E-state index in [1.165, 1.54) is 0 Å². The highest BCUT2D eigenvalue weighted by Crippen LogP contribution is 2.47. The lowest BCUT2D eigenvalue weighted by molar-refractivity contribution is -0.348. The van der Waals surface area contributed by atoms with E-state index >= 15 is 0 Å². The Morgan fingerprint density at radius 2 is 1.61 bits per heavy atom. The molecule has 0 aromatic heterocycles. The van der Waals surface area contributed by atoms with E-state index in [4.69, 9.17) is 14.0 Å². The SMILES string of the molecule is O=C(OCC1COC2(CCCC2OC(=O)C(F)(F)S(=O)(=O)O)O1)C(F)(F)C(F)(F)C(F)(F)F. The van der Waals surface area contributed by atoms with E-state index in [2.05, 4.69) is 9.47 Å². The molecule has 3 unspecified atom stereocenters. The second kappa shape index (κ2) is 8.42. The zero-order chi connectivity index (χ0) is 25.7. The molecular weight excluding hydrogens is 515 g/mol. The lowest BCUT2D eigenvalue weighted by Crippen LogP contribution is -2.57. The van der Waals surface area contributed by atoms with Crippen LogP contribution >= 0.6 is 0 Å². The average Bonchev–Trinajstić information content (AvgIpc) is 3.24. The highest BCUT2D eigenvalue weighted by atomic mass is 32.2. The van der Waals surface area contributed by atoms with Gasteiger partial charge in [-0.1, -0.05) is 0 Å². The molecule has 1 heterocycles. The number of esters is 2. The molecule has 0 aromatic rings. The number of hydrogen-bond acceptors (Lipinski definition) is 8. The number of carbonyl (C=O) groups is 2. The van der Waals surface area contributed by atoms with Crippen LogP contribution in [0.2, 0.25) is 0 Å². The minimum atomic E-state index is -6.78. The van der Waals surface area contributed by atoms with Crippen molar-refractivity contribution in [2.45, 2.75) is 60.5 Å². The number of rotatable bonds is 7. The standard InChI is InChI=1S/C14H13F9O9S/c15-11(16,13(19,20)14(21,22)23)8(24)29-4-6-5-30-10(32-6)3-1-2-7(10)31-9(25)12(17,18)33(26,27)28/h6-7H,1-5H2,(H,26,27,28). The molecule has 192 valence electrons. The van der Waals surface area contributed by atoms with E-state index in [0.717, 1.165) is 0 Å². The monoisotopic (exact) mass is 528 g/mol. The quantitative estimate of drug-likeness (QED) is 0.300. The van der Waals surface area contributed by atoms with Crippen LogP contribution in [0, 0.1) is 0 Å². The van der Waals surface area contributed by atoms with Gasteiger partial charge in [0.15, 0.2) is 6.10 Å². The molecule has 19 heteroatoms. The maximum atomic E-state index is 13.4. The van der Waals surface area contributed by atoms with Crippen molar-refractivity contribution in [2.24, 2.45) is 0 Å². The molecule has 1 saturated carbocycles. The van der Waals surface area contributed by atoms with Gasteiger partial charge in [0, 0.05) is 6.42 Å². The molecule has 0 bridgehead atoms. The van der Waals surface area contributed by atoms with Gasteiger partial charge in [0.25, 0.3) is 0 Å².